The van der Waals surface area contributed by atoms with Gasteiger partial charge in [-0.2, -0.15) is 0 Å². The number of hydrogen-bond acceptors (Lipinski definition) is 7. The monoisotopic (exact) mass is 575 g/mol. The van der Waals surface area contributed by atoms with E-state index in [-0.39, 0.29) is 123 Å². The standard InChI is InChI=1S/C10H8O2.C7H6O2.C3H3Br.CH3F.CH2O3.2K.H/c1-2-7-12-10-5-3-9(8-11)4-6-10;8-5-6-1-3-7(9)4-2-6;1-2-3-4;1-2;2-1-4-3;;;/h1,3-6,8H,7H2;1-5,9H;1H,3H2;1H3;1,3H;;;/q;;;;;2*+1;-1/p-1/i;;;1D;;;;. The largest absolute Gasteiger partial charge is 1.00 e. The number of aldehydes is 2. The summed E-state index contributed by atoms with van der Waals surface area (Å²) in [5.74, 6) is 5.56. The Morgan fingerprint density at radius 2 is 1.42 bits per heavy atom. The first kappa shape index (κ1) is 39.8. The van der Waals surface area contributed by atoms with Crippen LogP contribution in [0.2, 0.25) is 0 Å². The zero-order valence-electron chi connectivity index (χ0n) is 20.3. The number of phenols is 1. The number of halogens is 2. The van der Waals surface area contributed by atoms with Gasteiger partial charge in [-0.15, -0.1) is 12.8 Å². The van der Waals surface area contributed by atoms with Gasteiger partial charge >= 0.3 is 103 Å². The molecule has 168 valence electrons. The van der Waals surface area contributed by atoms with Crippen molar-refractivity contribution < 1.29 is 144 Å². The summed E-state index contributed by atoms with van der Waals surface area (Å²) in [5, 5.41) is 17.8. The van der Waals surface area contributed by atoms with Crippen LogP contribution in [0.1, 0.15) is 23.5 Å². The number of carbonyl (C=O) groups is 3. The molecule has 0 atom stereocenters. The van der Waals surface area contributed by atoms with E-state index in [9.17, 15) is 14.0 Å². The van der Waals surface area contributed by atoms with Crippen LogP contribution in [0.3, 0.4) is 0 Å². The average Bonchev–Trinajstić information content (AvgIpc) is 2.84. The SMILES string of the molecule is C#CCBr.C#CCOc1ccc(C=O)cc1.O=CO[O-].O=Cc1ccc(O)cc1.[2H]CF.[H-].[K+].[K+]. The second-order valence-corrected chi connectivity index (χ2v) is 4.98. The minimum Gasteiger partial charge on any atom is -1.00 e. The molecule has 0 bridgehead atoms. The molecular formula is C22H22BrFK2O7. The number of hydrogen-bond donors (Lipinski definition) is 1. The molecule has 0 heterocycles. The molecule has 33 heavy (non-hydrogen) atoms. The second-order valence-electron chi connectivity index (χ2n) is 4.42. The first-order chi connectivity index (χ1) is 15.4. The summed E-state index contributed by atoms with van der Waals surface area (Å²) < 4.78 is 20.6. The molecule has 0 fully saturated rings. The van der Waals surface area contributed by atoms with Gasteiger partial charge in [0.25, 0.3) is 6.47 Å². The van der Waals surface area contributed by atoms with Gasteiger partial charge in [0.15, 0.2) is 0 Å². The maximum Gasteiger partial charge on any atom is 1.00 e. The van der Waals surface area contributed by atoms with Crippen molar-refractivity contribution in [2.24, 2.45) is 0 Å². The van der Waals surface area contributed by atoms with Gasteiger partial charge in [0.2, 0.25) is 0 Å². The number of alkyl halides is 2. The van der Waals surface area contributed by atoms with Crippen molar-refractivity contribution in [2.75, 3.05) is 19.1 Å². The molecule has 0 amide bonds. The molecular weight excluding hydrogens is 553 g/mol. The normalized spacial score (nSPS) is 7.36. The molecule has 0 aromatic heterocycles. The number of ether oxygens (including phenoxy) is 1. The maximum absolute atomic E-state index is 10.3. The fourth-order valence-electron chi connectivity index (χ4n) is 1.32. The zero-order chi connectivity index (χ0) is 25.0. The van der Waals surface area contributed by atoms with E-state index in [1.807, 2.05) is 0 Å². The average molecular weight is 577 g/mol. The number of aromatic hydroxyl groups is 1. The van der Waals surface area contributed by atoms with E-state index in [0.717, 1.165) is 12.6 Å². The van der Waals surface area contributed by atoms with Gasteiger partial charge in [0.05, 0.1) is 13.9 Å². The molecule has 0 aliphatic heterocycles. The van der Waals surface area contributed by atoms with Gasteiger partial charge in [-0.25, -0.2) is 0 Å². The summed E-state index contributed by atoms with van der Waals surface area (Å²) in [4.78, 5) is 31.5. The van der Waals surface area contributed by atoms with E-state index in [0.29, 0.717) is 22.2 Å². The summed E-state index contributed by atoms with van der Waals surface area (Å²) in [6.07, 6.45) is 11.3. The first-order valence-electron chi connectivity index (χ1n) is 8.57. The van der Waals surface area contributed by atoms with Crippen LogP contribution in [-0.4, -0.2) is 43.2 Å². The van der Waals surface area contributed by atoms with Gasteiger partial charge in [-0.3, -0.25) is 18.8 Å². The molecule has 0 unspecified atom stereocenters. The van der Waals surface area contributed by atoms with Crippen molar-refractivity contribution in [3.8, 4) is 36.2 Å². The van der Waals surface area contributed by atoms with Crippen LogP contribution >= 0.6 is 15.9 Å². The Hall–Kier alpha value is -0.387. The van der Waals surface area contributed by atoms with Gasteiger partial charge in [-0.1, -0.05) is 27.8 Å². The molecule has 11 heteroatoms. The van der Waals surface area contributed by atoms with E-state index >= 15 is 0 Å². The molecule has 0 aliphatic rings. The molecule has 0 radical (unpaired) electrons. The summed E-state index contributed by atoms with van der Waals surface area (Å²) in [5.41, 5.74) is 1.20. The van der Waals surface area contributed by atoms with Crippen molar-refractivity contribution in [3.63, 3.8) is 0 Å². The molecule has 0 saturated carbocycles. The van der Waals surface area contributed by atoms with Gasteiger partial charge in [-0.05, 0) is 48.5 Å². The van der Waals surface area contributed by atoms with E-state index in [4.69, 9.17) is 34.1 Å². The minimum atomic E-state index is -1.00. The van der Waals surface area contributed by atoms with Crippen molar-refractivity contribution in [1.29, 1.82) is 0 Å². The van der Waals surface area contributed by atoms with Crippen LogP contribution in [0.5, 0.6) is 11.5 Å². The molecule has 2 rings (SSSR count). The van der Waals surface area contributed by atoms with E-state index < -0.39 is 7.15 Å². The zero-order valence-corrected chi connectivity index (χ0v) is 26.1. The minimum absolute atomic E-state index is 0. The first-order valence-corrected chi connectivity index (χ1v) is 8.99. The fourth-order valence-corrected chi connectivity index (χ4v) is 1.32. The van der Waals surface area contributed by atoms with E-state index in [1.165, 1.54) is 12.1 Å². The molecule has 1 N–H and O–H groups in total. The van der Waals surface area contributed by atoms with Crippen LogP contribution in [-0.2, 0) is 9.68 Å². The van der Waals surface area contributed by atoms with E-state index in [2.05, 4.69) is 32.7 Å². The van der Waals surface area contributed by atoms with Crippen molar-refractivity contribution >= 4 is 35.0 Å². The topological polar surface area (TPSA) is 113 Å². The van der Waals surface area contributed by atoms with E-state index in [1.54, 1.807) is 36.4 Å². The van der Waals surface area contributed by atoms with Crippen molar-refractivity contribution in [2.45, 2.75) is 0 Å². The third-order valence-corrected chi connectivity index (χ3v) is 2.81. The van der Waals surface area contributed by atoms with Crippen LogP contribution in [0.15, 0.2) is 48.5 Å². The Bertz CT molecular complexity index is 817. The van der Waals surface area contributed by atoms with Crippen LogP contribution < -0.4 is 113 Å². The summed E-state index contributed by atoms with van der Waals surface area (Å²) in [6, 6.07) is 12.8. The number of rotatable bonds is 5. The van der Waals surface area contributed by atoms with Crippen molar-refractivity contribution in [1.82, 2.24) is 0 Å². The van der Waals surface area contributed by atoms with Crippen molar-refractivity contribution in [3.05, 3.63) is 59.7 Å². The quantitative estimate of drug-likeness (QED) is 0.100. The van der Waals surface area contributed by atoms with Crippen LogP contribution in [0, 0.1) is 24.7 Å². The Kier molecular flexibility index (Phi) is 43.7. The number of phenolic OH excluding ortho intramolecular Hbond substituents is 1. The second kappa shape index (κ2) is 36.2. The Morgan fingerprint density at radius 3 is 1.70 bits per heavy atom. The summed E-state index contributed by atoms with van der Waals surface area (Å²) >= 11 is 3.01. The molecule has 0 aliphatic carbocycles. The smallest absolute Gasteiger partial charge is 1.00 e. The third-order valence-electron chi connectivity index (χ3n) is 2.48. The van der Waals surface area contributed by atoms with Gasteiger partial charge < -0.3 is 21.4 Å². The number of terminal acetylenes is 2. The molecule has 7 nitrogen and oxygen atoms in total. The summed E-state index contributed by atoms with van der Waals surface area (Å²) in [6.45, 7) is 0.0699. The molecule has 2 aromatic rings. The van der Waals surface area contributed by atoms with Gasteiger partial charge in [0.1, 0.15) is 30.7 Å². The molecule has 0 spiro atoms. The third kappa shape index (κ3) is 31.6. The van der Waals surface area contributed by atoms with Gasteiger partial charge in [0, 0.05) is 11.1 Å². The van der Waals surface area contributed by atoms with Crippen LogP contribution in [0.25, 0.3) is 0 Å². The summed E-state index contributed by atoms with van der Waals surface area (Å²) in [7, 11) is -1.00. The van der Waals surface area contributed by atoms with Crippen LogP contribution in [0.4, 0.5) is 4.39 Å². The number of benzene rings is 2. The Balaban J connectivity index is -0.0000000815. The Labute approximate surface area is 289 Å². The number of carbonyl (C=O) groups excluding carboxylic acids is 3. The fraction of sp³-hybridized carbons (Fsp3) is 0.136. The Morgan fingerprint density at radius 1 is 1.06 bits per heavy atom. The molecule has 0 saturated heterocycles. The maximum atomic E-state index is 10.3. The predicted octanol–water partition coefficient (Wildman–Crippen LogP) is -3.13. The molecule has 2 aromatic carbocycles. The predicted molar refractivity (Wildman–Crippen MR) is 118 cm³/mol.